The minimum atomic E-state index is -0.171. The molecule has 0 saturated carbocycles. The number of hydrogen-bond donors (Lipinski definition) is 1. The predicted molar refractivity (Wildman–Crippen MR) is 144 cm³/mol. The number of nitrogens with one attached hydrogen (secondary N) is 1. The fourth-order valence-electron chi connectivity index (χ4n) is 5.12. The van der Waals surface area contributed by atoms with Gasteiger partial charge in [-0.1, -0.05) is 60.7 Å². The van der Waals surface area contributed by atoms with Crippen molar-refractivity contribution < 1.29 is 9.59 Å². The first-order valence-electron chi connectivity index (χ1n) is 13.2. The van der Waals surface area contributed by atoms with Gasteiger partial charge in [-0.05, 0) is 36.1 Å². The number of carbonyl (C=O) groups is 2. The highest BCUT2D eigenvalue weighted by Crippen LogP contribution is 2.15. The van der Waals surface area contributed by atoms with Crippen molar-refractivity contribution in [1.82, 2.24) is 25.0 Å². The number of carbonyl (C=O) groups excluding carboxylic acids is 2. The second kappa shape index (κ2) is 12.1. The molecular formula is C30H35N5O2. The van der Waals surface area contributed by atoms with E-state index < -0.39 is 0 Å². The van der Waals surface area contributed by atoms with Gasteiger partial charge in [-0.3, -0.25) is 24.4 Å². The van der Waals surface area contributed by atoms with Gasteiger partial charge in [-0.25, -0.2) is 0 Å². The van der Waals surface area contributed by atoms with E-state index in [1.54, 1.807) is 12.1 Å². The molecule has 0 spiro atoms. The van der Waals surface area contributed by atoms with Gasteiger partial charge >= 0.3 is 0 Å². The van der Waals surface area contributed by atoms with Gasteiger partial charge in [0.1, 0.15) is 5.69 Å². The summed E-state index contributed by atoms with van der Waals surface area (Å²) in [6, 6.07) is 24.4. The average molecular weight is 498 g/mol. The van der Waals surface area contributed by atoms with E-state index in [0.29, 0.717) is 24.3 Å². The largest absolute Gasteiger partial charge is 0.348 e. The van der Waals surface area contributed by atoms with Crippen molar-refractivity contribution in [3.05, 3.63) is 101 Å². The van der Waals surface area contributed by atoms with Crippen LogP contribution in [-0.4, -0.2) is 76.8 Å². The summed E-state index contributed by atoms with van der Waals surface area (Å²) >= 11 is 0. The van der Waals surface area contributed by atoms with Crippen LogP contribution in [0.5, 0.6) is 0 Å². The zero-order valence-electron chi connectivity index (χ0n) is 21.3. The van der Waals surface area contributed by atoms with Crippen LogP contribution in [0.3, 0.4) is 0 Å². The van der Waals surface area contributed by atoms with E-state index in [1.165, 1.54) is 17.3 Å². The summed E-state index contributed by atoms with van der Waals surface area (Å²) in [6.45, 7) is 6.84. The molecule has 2 aliphatic heterocycles. The molecule has 0 aliphatic carbocycles. The number of piperazine rings is 1. The van der Waals surface area contributed by atoms with Gasteiger partial charge in [0, 0.05) is 64.6 Å². The third-order valence-electron chi connectivity index (χ3n) is 7.32. The first-order valence-corrected chi connectivity index (χ1v) is 13.2. The van der Waals surface area contributed by atoms with Gasteiger partial charge in [0.25, 0.3) is 11.8 Å². The Labute approximate surface area is 219 Å². The molecule has 3 heterocycles. The van der Waals surface area contributed by atoms with Crippen LogP contribution in [0.1, 0.15) is 44.8 Å². The van der Waals surface area contributed by atoms with E-state index >= 15 is 0 Å². The smallest absolute Gasteiger partial charge is 0.270 e. The Bertz CT molecular complexity index is 1150. The Morgan fingerprint density at radius 3 is 1.84 bits per heavy atom. The molecule has 1 aromatic heterocycles. The molecular weight excluding hydrogens is 462 g/mol. The lowest BCUT2D eigenvalue weighted by molar-refractivity contribution is 0.0627. The molecule has 0 radical (unpaired) electrons. The Balaban J connectivity index is 1.06. The highest BCUT2D eigenvalue weighted by atomic mass is 16.2. The van der Waals surface area contributed by atoms with Crippen LogP contribution in [-0.2, 0) is 13.1 Å². The van der Waals surface area contributed by atoms with Crippen LogP contribution >= 0.6 is 0 Å². The molecule has 192 valence electrons. The van der Waals surface area contributed by atoms with Crippen LogP contribution in [0.15, 0.2) is 79.0 Å². The molecule has 0 bridgehead atoms. The number of amides is 2. The van der Waals surface area contributed by atoms with Crippen molar-refractivity contribution in [1.29, 1.82) is 0 Å². The third-order valence-corrected chi connectivity index (χ3v) is 7.32. The summed E-state index contributed by atoms with van der Waals surface area (Å²) in [7, 11) is 0. The number of piperidine rings is 1. The number of nitrogens with zero attached hydrogens (tertiary/aromatic N) is 4. The van der Waals surface area contributed by atoms with Gasteiger partial charge in [-0.2, -0.15) is 0 Å². The molecule has 1 N–H and O–H groups in total. The van der Waals surface area contributed by atoms with E-state index in [1.807, 2.05) is 17.0 Å². The fourth-order valence-corrected chi connectivity index (χ4v) is 5.12. The highest BCUT2D eigenvalue weighted by molar-refractivity contribution is 5.96. The molecule has 2 saturated heterocycles. The van der Waals surface area contributed by atoms with Crippen LogP contribution in [0.25, 0.3) is 0 Å². The lowest BCUT2D eigenvalue weighted by atomic mass is 10.0. The average Bonchev–Trinajstić information content (AvgIpc) is 2.95. The molecule has 2 aliphatic rings. The number of pyridine rings is 1. The monoisotopic (exact) mass is 497 g/mol. The lowest BCUT2D eigenvalue weighted by Crippen LogP contribution is -2.48. The van der Waals surface area contributed by atoms with Gasteiger partial charge in [0.2, 0.25) is 0 Å². The summed E-state index contributed by atoms with van der Waals surface area (Å²) in [5.41, 5.74) is 3.49. The molecule has 0 unspecified atom stereocenters. The van der Waals surface area contributed by atoms with Gasteiger partial charge < -0.3 is 10.2 Å². The van der Waals surface area contributed by atoms with Crippen LogP contribution in [0.2, 0.25) is 0 Å². The Morgan fingerprint density at radius 1 is 0.730 bits per heavy atom. The molecule has 2 amide bonds. The summed E-state index contributed by atoms with van der Waals surface area (Å²) < 4.78 is 0. The van der Waals surface area contributed by atoms with E-state index in [4.69, 9.17) is 0 Å². The Kier molecular flexibility index (Phi) is 8.23. The minimum absolute atomic E-state index is 0.0235. The predicted octanol–water partition coefficient (Wildman–Crippen LogP) is 3.43. The van der Waals surface area contributed by atoms with Crippen molar-refractivity contribution in [3.63, 3.8) is 0 Å². The highest BCUT2D eigenvalue weighted by Gasteiger charge is 2.24. The zero-order valence-corrected chi connectivity index (χ0v) is 21.3. The molecule has 7 heteroatoms. The maximum Gasteiger partial charge on any atom is 0.270 e. The van der Waals surface area contributed by atoms with E-state index in [-0.39, 0.29) is 17.9 Å². The number of aromatic nitrogens is 1. The van der Waals surface area contributed by atoms with E-state index in [9.17, 15) is 9.59 Å². The summed E-state index contributed by atoms with van der Waals surface area (Å²) in [5, 5.41) is 3.13. The fraction of sp³-hybridized carbons (Fsp3) is 0.367. The van der Waals surface area contributed by atoms with Gasteiger partial charge in [0.05, 0.1) is 5.56 Å². The molecule has 2 fully saturated rings. The van der Waals surface area contributed by atoms with Gasteiger partial charge in [-0.15, -0.1) is 0 Å². The van der Waals surface area contributed by atoms with E-state index in [2.05, 4.69) is 68.6 Å². The van der Waals surface area contributed by atoms with E-state index in [0.717, 1.165) is 52.1 Å². The van der Waals surface area contributed by atoms with Crippen LogP contribution in [0, 0.1) is 0 Å². The minimum Gasteiger partial charge on any atom is -0.348 e. The molecule has 0 atom stereocenters. The Morgan fingerprint density at radius 2 is 1.30 bits per heavy atom. The van der Waals surface area contributed by atoms with Crippen molar-refractivity contribution in [2.45, 2.75) is 32.0 Å². The number of hydrogen-bond acceptors (Lipinski definition) is 5. The first kappa shape index (κ1) is 25.1. The molecule has 37 heavy (non-hydrogen) atoms. The molecule has 2 aromatic carbocycles. The number of likely N-dealkylation sites (tertiary alicyclic amines) is 1. The maximum absolute atomic E-state index is 13.0. The Hall–Kier alpha value is -3.55. The molecule has 7 nitrogen and oxygen atoms in total. The van der Waals surface area contributed by atoms with Crippen LogP contribution < -0.4 is 5.32 Å². The molecule has 3 aromatic rings. The normalized spacial score (nSPS) is 17.5. The van der Waals surface area contributed by atoms with Crippen molar-refractivity contribution in [2.75, 3.05) is 39.3 Å². The molecule has 5 rings (SSSR count). The second-order valence-corrected chi connectivity index (χ2v) is 10.00. The lowest BCUT2D eigenvalue weighted by Gasteiger charge is -2.34. The van der Waals surface area contributed by atoms with Crippen LogP contribution in [0.4, 0.5) is 0 Å². The van der Waals surface area contributed by atoms with Crippen molar-refractivity contribution >= 4 is 11.8 Å². The number of rotatable bonds is 7. The van der Waals surface area contributed by atoms with Crippen molar-refractivity contribution in [2.24, 2.45) is 0 Å². The summed E-state index contributed by atoms with van der Waals surface area (Å²) in [4.78, 5) is 36.8. The summed E-state index contributed by atoms with van der Waals surface area (Å²) in [5.74, 6) is -0.195. The second-order valence-electron chi connectivity index (χ2n) is 10.00. The maximum atomic E-state index is 13.0. The standard InChI is InChI=1S/C30H35N5O2/c36-29(32-27-13-15-33(16-14-27)22-24-7-3-1-4-8-24)28-12-11-26(21-31-28)30(37)35-19-17-34(18-20-35)23-25-9-5-2-6-10-25/h1-12,21,27H,13-20,22-23H2,(H,32,36). The summed E-state index contributed by atoms with van der Waals surface area (Å²) in [6.07, 6.45) is 3.38. The third kappa shape index (κ3) is 6.81. The first-order chi connectivity index (χ1) is 18.1. The quantitative estimate of drug-likeness (QED) is 0.542. The zero-order chi connectivity index (χ0) is 25.5. The van der Waals surface area contributed by atoms with Crippen molar-refractivity contribution in [3.8, 4) is 0 Å². The van der Waals surface area contributed by atoms with Gasteiger partial charge in [0.15, 0.2) is 0 Å². The SMILES string of the molecule is O=C(NC1CCN(Cc2ccccc2)CC1)c1ccc(C(=O)N2CCN(Cc3ccccc3)CC2)cn1. The topological polar surface area (TPSA) is 68.8 Å². The number of benzene rings is 2.